The summed E-state index contributed by atoms with van der Waals surface area (Å²) < 4.78 is 0. The highest BCUT2D eigenvalue weighted by Crippen LogP contribution is 2.59. The van der Waals surface area contributed by atoms with Gasteiger partial charge in [0.15, 0.2) is 0 Å². The molecule has 5 atom stereocenters. The molecule has 0 aromatic rings. The molecule has 0 radical (unpaired) electrons. The molecule has 0 aromatic heterocycles. The van der Waals surface area contributed by atoms with Crippen LogP contribution in [0.15, 0.2) is 0 Å². The Bertz CT molecular complexity index is 353. The summed E-state index contributed by atoms with van der Waals surface area (Å²) in [7, 11) is 2.20. The molecule has 19 heavy (non-hydrogen) atoms. The van der Waals surface area contributed by atoms with Gasteiger partial charge in [-0.2, -0.15) is 0 Å². The van der Waals surface area contributed by atoms with Crippen LogP contribution < -0.4 is 0 Å². The fourth-order valence-electron chi connectivity index (χ4n) is 5.67. The second-order valence-electron chi connectivity index (χ2n) is 7.78. The van der Waals surface area contributed by atoms with Crippen molar-refractivity contribution < 1.29 is 5.11 Å². The van der Waals surface area contributed by atoms with Crippen molar-refractivity contribution in [1.82, 2.24) is 9.80 Å². The number of rotatable bonds is 2. The van der Waals surface area contributed by atoms with Crippen molar-refractivity contribution in [3.05, 3.63) is 0 Å². The van der Waals surface area contributed by atoms with Crippen LogP contribution in [0.25, 0.3) is 0 Å². The van der Waals surface area contributed by atoms with Crippen molar-refractivity contribution in [2.75, 3.05) is 39.8 Å². The number of piperazine rings is 1. The number of likely N-dealkylation sites (N-methyl/N-ethyl adjacent to an activating group) is 1. The van der Waals surface area contributed by atoms with E-state index in [2.05, 4.69) is 16.8 Å². The maximum atomic E-state index is 11.4. The van der Waals surface area contributed by atoms with Crippen LogP contribution in [-0.4, -0.2) is 60.3 Å². The molecule has 3 nitrogen and oxygen atoms in total. The van der Waals surface area contributed by atoms with Gasteiger partial charge in [-0.25, -0.2) is 0 Å². The third-order valence-electron chi connectivity index (χ3n) is 6.72. The van der Waals surface area contributed by atoms with Crippen LogP contribution in [0.1, 0.15) is 32.1 Å². The van der Waals surface area contributed by atoms with Gasteiger partial charge in [0.1, 0.15) is 0 Å². The van der Waals surface area contributed by atoms with Gasteiger partial charge in [-0.05, 0) is 62.8 Å². The van der Waals surface area contributed by atoms with Crippen molar-refractivity contribution in [3.8, 4) is 0 Å². The second kappa shape index (κ2) is 4.44. The van der Waals surface area contributed by atoms with Crippen molar-refractivity contribution in [3.63, 3.8) is 0 Å². The molecule has 108 valence electrons. The molecule has 4 rings (SSSR count). The van der Waals surface area contributed by atoms with E-state index in [0.717, 1.165) is 44.6 Å². The Hall–Kier alpha value is -0.120. The molecule has 1 heterocycles. The highest BCUT2D eigenvalue weighted by Gasteiger charge is 2.58. The molecule has 0 aromatic carbocycles. The Balaban J connectivity index is 1.50. The van der Waals surface area contributed by atoms with Gasteiger partial charge >= 0.3 is 0 Å². The van der Waals surface area contributed by atoms with Crippen molar-refractivity contribution >= 4 is 0 Å². The predicted octanol–water partition coefficient (Wildman–Crippen LogP) is 1.42. The Morgan fingerprint density at radius 2 is 1.84 bits per heavy atom. The monoisotopic (exact) mass is 264 g/mol. The molecule has 4 fully saturated rings. The first kappa shape index (κ1) is 12.6. The van der Waals surface area contributed by atoms with Crippen LogP contribution in [0.2, 0.25) is 0 Å². The zero-order valence-electron chi connectivity index (χ0n) is 12.2. The Labute approximate surface area is 117 Å². The average molecular weight is 264 g/mol. The summed E-state index contributed by atoms with van der Waals surface area (Å²) in [5.74, 6) is 3.04. The first-order valence-electron chi connectivity index (χ1n) is 8.28. The molecule has 3 heteroatoms. The molecule has 4 aliphatic rings. The quantitative estimate of drug-likeness (QED) is 0.817. The maximum Gasteiger partial charge on any atom is 0.0832 e. The van der Waals surface area contributed by atoms with Gasteiger partial charge in [0.05, 0.1) is 5.60 Å². The Kier molecular flexibility index (Phi) is 2.95. The minimum absolute atomic E-state index is 0.341. The zero-order chi connectivity index (χ0) is 13.0. The van der Waals surface area contributed by atoms with Crippen LogP contribution in [0.4, 0.5) is 0 Å². The van der Waals surface area contributed by atoms with Crippen molar-refractivity contribution in [2.45, 2.75) is 37.7 Å². The molecular weight excluding hydrogens is 236 g/mol. The lowest BCUT2D eigenvalue weighted by molar-refractivity contribution is -0.141. The fourth-order valence-corrected chi connectivity index (χ4v) is 5.67. The van der Waals surface area contributed by atoms with E-state index < -0.39 is 0 Å². The fraction of sp³-hybridized carbons (Fsp3) is 1.00. The molecule has 0 unspecified atom stereocenters. The third-order valence-corrected chi connectivity index (χ3v) is 6.72. The van der Waals surface area contributed by atoms with Crippen molar-refractivity contribution in [2.24, 2.45) is 23.7 Å². The van der Waals surface area contributed by atoms with Crippen molar-refractivity contribution in [1.29, 1.82) is 0 Å². The summed E-state index contributed by atoms with van der Waals surface area (Å²) in [6.07, 6.45) is 6.76. The Morgan fingerprint density at radius 3 is 2.63 bits per heavy atom. The minimum atomic E-state index is -0.341. The molecule has 1 saturated heterocycles. The molecule has 3 aliphatic carbocycles. The van der Waals surface area contributed by atoms with Crippen LogP contribution in [0.3, 0.4) is 0 Å². The van der Waals surface area contributed by atoms with Crippen LogP contribution in [0, 0.1) is 23.7 Å². The summed E-state index contributed by atoms with van der Waals surface area (Å²) in [5, 5.41) is 11.4. The van der Waals surface area contributed by atoms with Crippen LogP contribution in [-0.2, 0) is 0 Å². The number of fused-ring (bicyclic) bond motifs is 2. The summed E-state index contributed by atoms with van der Waals surface area (Å²) in [4.78, 5) is 4.94. The summed E-state index contributed by atoms with van der Waals surface area (Å²) >= 11 is 0. The lowest BCUT2D eigenvalue weighted by Gasteiger charge is -2.52. The molecule has 3 saturated carbocycles. The predicted molar refractivity (Wildman–Crippen MR) is 75.9 cm³/mol. The summed E-state index contributed by atoms with van der Waals surface area (Å²) in [5.41, 5.74) is -0.341. The number of nitrogens with zero attached hydrogens (tertiary/aromatic N) is 2. The minimum Gasteiger partial charge on any atom is -0.388 e. The lowest BCUT2D eigenvalue weighted by Crippen LogP contribution is -2.60. The second-order valence-corrected chi connectivity index (χ2v) is 7.78. The smallest absolute Gasteiger partial charge is 0.0832 e. The zero-order valence-corrected chi connectivity index (χ0v) is 12.2. The number of β-amino-alcohol motifs (C(OH)–C–C–N with tert-alkyl or cyclic N) is 1. The number of hydrogen-bond acceptors (Lipinski definition) is 3. The topological polar surface area (TPSA) is 26.7 Å². The normalized spacial score (nSPS) is 50.8. The standard InChI is InChI=1S/C16H28N2O/c1-17-4-6-18(7-5-17)11-16(19)14-3-2-13-8-12(9-14)10-15(13)16/h12-15,19H,2-11H2,1H3/t12-,13+,14-,15+,16-/m0/s1. The third kappa shape index (κ3) is 1.97. The van der Waals surface area contributed by atoms with Gasteiger partial charge < -0.3 is 10.0 Å². The summed E-state index contributed by atoms with van der Waals surface area (Å²) in [6.45, 7) is 5.58. The average Bonchev–Trinajstić information content (AvgIpc) is 2.62. The first-order valence-corrected chi connectivity index (χ1v) is 8.28. The highest BCUT2D eigenvalue weighted by atomic mass is 16.3. The van der Waals surface area contributed by atoms with E-state index in [1.807, 2.05) is 0 Å². The van der Waals surface area contributed by atoms with Gasteiger partial charge in [0, 0.05) is 32.7 Å². The van der Waals surface area contributed by atoms with Crippen LogP contribution >= 0.6 is 0 Å². The largest absolute Gasteiger partial charge is 0.388 e. The van der Waals surface area contributed by atoms with Gasteiger partial charge in [0.25, 0.3) is 0 Å². The highest BCUT2D eigenvalue weighted by molar-refractivity contribution is 5.09. The molecule has 1 N–H and O–H groups in total. The van der Waals surface area contributed by atoms with E-state index in [-0.39, 0.29) is 5.60 Å². The van der Waals surface area contributed by atoms with E-state index in [9.17, 15) is 5.11 Å². The van der Waals surface area contributed by atoms with Gasteiger partial charge in [0.2, 0.25) is 0 Å². The molecule has 0 amide bonds. The first-order chi connectivity index (χ1) is 9.15. The van der Waals surface area contributed by atoms with E-state index in [1.165, 1.54) is 32.1 Å². The maximum absolute atomic E-state index is 11.4. The number of aliphatic hydroxyl groups is 1. The van der Waals surface area contributed by atoms with Crippen LogP contribution in [0.5, 0.6) is 0 Å². The lowest BCUT2D eigenvalue weighted by atomic mass is 9.61. The summed E-state index contributed by atoms with van der Waals surface area (Å²) in [6, 6.07) is 0. The van der Waals surface area contributed by atoms with Gasteiger partial charge in [-0.15, -0.1) is 0 Å². The number of hydrogen-bond donors (Lipinski definition) is 1. The SMILES string of the molecule is CN1CCN(C[C@]2(O)[C@H]3CC[C@@H]4C[C@@H](C3)C[C@H]42)CC1. The van der Waals surface area contributed by atoms with E-state index >= 15 is 0 Å². The molecule has 0 spiro atoms. The molecule has 3 bridgehead atoms. The Morgan fingerprint density at radius 1 is 1.05 bits per heavy atom. The van der Waals surface area contributed by atoms with E-state index in [1.54, 1.807) is 0 Å². The van der Waals surface area contributed by atoms with Gasteiger partial charge in [-0.1, -0.05) is 0 Å². The van der Waals surface area contributed by atoms with E-state index in [0.29, 0.717) is 11.8 Å². The van der Waals surface area contributed by atoms with Gasteiger partial charge in [-0.3, -0.25) is 4.90 Å². The molecule has 1 aliphatic heterocycles. The van der Waals surface area contributed by atoms with E-state index in [4.69, 9.17) is 0 Å². The molecular formula is C16H28N2O.